The van der Waals surface area contributed by atoms with Gasteiger partial charge in [0.05, 0.1) is 5.56 Å². The van der Waals surface area contributed by atoms with Crippen molar-refractivity contribution in [2.75, 3.05) is 11.9 Å². The van der Waals surface area contributed by atoms with E-state index in [4.69, 9.17) is 0 Å². The van der Waals surface area contributed by atoms with Crippen LogP contribution >= 0.6 is 11.3 Å². The first-order valence-corrected chi connectivity index (χ1v) is 9.65. The fourth-order valence-corrected chi connectivity index (χ4v) is 3.54. The van der Waals surface area contributed by atoms with Crippen LogP contribution < -0.4 is 5.32 Å². The number of hydrogen-bond acceptors (Lipinski definition) is 6. The van der Waals surface area contributed by atoms with E-state index < -0.39 is 6.17 Å². The number of anilines is 1. The molecule has 3 aromatic rings. The molecule has 1 N–H and O–H groups in total. The van der Waals surface area contributed by atoms with Gasteiger partial charge in [0, 0.05) is 29.9 Å². The Labute approximate surface area is 159 Å². The van der Waals surface area contributed by atoms with Crippen LogP contribution in [-0.4, -0.2) is 38.4 Å². The normalized spacial score (nSPS) is 16.8. The molecule has 0 aromatic carbocycles. The number of hydrogen-bond donors (Lipinski definition) is 1. The van der Waals surface area contributed by atoms with Gasteiger partial charge in [-0.15, -0.1) is 5.10 Å². The lowest BCUT2D eigenvalue weighted by molar-refractivity contribution is 0.0948. The van der Waals surface area contributed by atoms with Gasteiger partial charge in [-0.1, -0.05) is 11.6 Å². The highest BCUT2D eigenvalue weighted by molar-refractivity contribution is 7.08. The van der Waals surface area contributed by atoms with Gasteiger partial charge >= 0.3 is 0 Å². The number of carbonyl (C=O) groups is 1. The van der Waals surface area contributed by atoms with Crippen molar-refractivity contribution in [1.29, 1.82) is 0 Å². The number of halogens is 1. The molecule has 0 radical (unpaired) electrons. The zero-order chi connectivity index (χ0) is 18.6. The fraction of sp³-hybridized carbons (Fsp3) is 0.263. The predicted molar refractivity (Wildman–Crippen MR) is 103 cm³/mol. The van der Waals surface area contributed by atoms with Gasteiger partial charge in [0.2, 0.25) is 5.95 Å². The summed E-state index contributed by atoms with van der Waals surface area (Å²) in [4.78, 5) is 21.3. The summed E-state index contributed by atoms with van der Waals surface area (Å²) < 4.78 is 14.6. The maximum absolute atomic E-state index is 13.3. The van der Waals surface area contributed by atoms with Gasteiger partial charge in [0.1, 0.15) is 6.17 Å². The average molecular weight is 383 g/mol. The standard InChI is InChI=1S/C19H18FN5OS/c20-16-3-1-13(2-4-16)11-22-19-23-17(14-5-8-21-9-6-14)24-25(19)18(26)15-7-10-27-12-15/h1,5-10,12,16H,2-4,11H2,(H,22,23,24). The van der Waals surface area contributed by atoms with Gasteiger partial charge in [0.15, 0.2) is 5.82 Å². The number of allylic oxidation sites excluding steroid dienone is 1. The highest BCUT2D eigenvalue weighted by atomic mass is 32.1. The predicted octanol–water partition coefficient (Wildman–Crippen LogP) is 3.95. The molecule has 1 unspecified atom stereocenters. The van der Waals surface area contributed by atoms with E-state index >= 15 is 0 Å². The van der Waals surface area contributed by atoms with Gasteiger partial charge in [-0.3, -0.25) is 9.78 Å². The minimum Gasteiger partial charge on any atom is -0.350 e. The van der Waals surface area contributed by atoms with Crippen LogP contribution in [-0.2, 0) is 0 Å². The zero-order valence-electron chi connectivity index (χ0n) is 14.5. The summed E-state index contributed by atoms with van der Waals surface area (Å²) >= 11 is 1.45. The van der Waals surface area contributed by atoms with Gasteiger partial charge in [-0.2, -0.15) is 21.0 Å². The van der Waals surface area contributed by atoms with Crippen molar-refractivity contribution in [3.05, 3.63) is 58.6 Å². The number of aromatic nitrogens is 4. The van der Waals surface area contributed by atoms with Crippen LogP contribution in [0.2, 0.25) is 0 Å². The molecule has 0 amide bonds. The van der Waals surface area contributed by atoms with E-state index in [0.717, 1.165) is 11.1 Å². The topological polar surface area (TPSA) is 72.7 Å². The van der Waals surface area contributed by atoms with Gasteiger partial charge < -0.3 is 5.32 Å². The maximum atomic E-state index is 13.3. The molecule has 0 fully saturated rings. The Hall–Kier alpha value is -2.87. The molecule has 27 heavy (non-hydrogen) atoms. The van der Waals surface area contributed by atoms with Crippen LogP contribution in [0.15, 0.2) is 53.0 Å². The Morgan fingerprint density at radius 3 is 2.89 bits per heavy atom. The van der Waals surface area contributed by atoms with E-state index in [2.05, 4.69) is 20.4 Å². The second kappa shape index (κ2) is 7.79. The Bertz CT molecular complexity index is 952. The first kappa shape index (κ1) is 17.5. The van der Waals surface area contributed by atoms with Crippen LogP contribution in [0.4, 0.5) is 10.3 Å². The number of nitrogens with one attached hydrogen (secondary N) is 1. The van der Waals surface area contributed by atoms with Crippen molar-refractivity contribution in [3.8, 4) is 11.4 Å². The van der Waals surface area contributed by atoms with Gasteiger partial charge in [-0.25, -0.2) is 4.39 Å². The van der Waals surface area contributed by atoms with Crippen LogP contribution in [0, 0.1) is 0 Å². The molecule has 0 aliphatic heterocycles. The summed E-state index contributed by atoms with van der Waals surface area (Å²) in [7, 11) is 0. The highest BCUT2D eigenvalue weighted by Gasteiger charge is 2.20. The average Bonchev–Trinajstić information content (AvgIpc) is 3.38. The maximum Gasteiger partial charge on any atom is 0.282 e. The first-order chi connectivity index (χ1) is 13.2. The third-order valence-corrected chi connectivity index (χ3v) is 5.10. The summed E-state index contributed by atoms with van der Waals surface area (Å²) in [5.74, 6) is 0.583. The van der Waals surface area contributed by atoms with E-state index in [-0.39, 0.29) is 5.91 Å². The third-order valence-electron chi connectivity index (χ3n) is 4.42. The lowest BCUT2D eigenvalue weighted by Crippen LogP contribution is -2.19. The molecule has 0 saturated heterocycles. The van der Waals surface area contributed by atoms with Crippen molar-refractivity contribution in [1.82, 2.24) is 19.7 Å². The number of pyridine rings is 1. The lowest BCUT2D eigenvalue weighted by atomic mass is 9.98. The second-order valence-electron chi connectivity index (χ2n) is 6.31. The fourth-order valence-electron chi connectivity index (χ4n) is 2.91. The largest absolute Gasteiger partial charge is 0.350 e. The third kappa shape index (κ3) is 3.95. The minimum absolute atomic E-state index is 0.243. The number of nitrogens with zero attached hydrogens (tertiary/aromatic N) is 4. The number of thiophene rings is 1. The van der Waals surface area contributed by atoms with E-state index in [1.807, 2.05) is 11.5 Å². The van der Waals surface area contributed by atoms with Gasteiger partial charge in [-0.05, 0) is 42.8 Å². The van der Waals surface area contributed by atoms with E-state index in [1.54, 1.807) is 36.0 Å². The van der Waals surface area contributed by atoms with E-state index in [0.29, 0.717) is 43.1 Å². The molecule has 8 heteroatoms. The van der Waals surface area contributed by atoms with E-state index in [9.17, 15) is 9.18 Å². The first-order valence-electron chi connectivity index (χ1n) is 8.71. The van der Waals surface area contributed by atoms with Crippen molar-refractivity contribution < 1.29 is 9.18 Å². The summed E-state index contributed by atoms with van der Waals surface area (Å²) in [5.41, 5.74) is 2.46. The smallest absolute Gasteiger partial charge is 0.282 e. The molecule has 4 rings (SSSR count). The van der Waals surface area contributed by atoms with E-state index in [1.165, 1.54) is 16.0 Å². The van der Waals surface area contributed by atoms with Crippen molar-refractivity contribution in [3.63, 3.8) is 0 Å². The number of carbonyl (C=O) groups excluding carboxylic acids is 1. The molecule has 0 spiro atoms. The second-order valence-corrected chi connectivity index (χ2v) is 7.09. The van der Waals surface area contributed by atoms with Crippen LogP contribution in [0.3, 0.4) is 0 Å². The monoisotopic (exact) mass is 383 g/mol. The van der Waals surface area contributed by atoms with Crippen LogP contribution in [0.25, 0.3) is 11.4 Å². The molecular formula is C19H18FN5OS. The molecule has 6 nitrogen and oxygen atoms in total. The minimum atomic E-state index is -0.754. The molecular weight excluding hydrogens is 365 g/mol. The Morgan fingerprint density at radius 2 is 2.19 bits per heavy atom. The zero-order valence-corrected chi connectivity index (χ0v) is 15.3. The summed E-state index contributed by atoms with van der Waals surface area (Å²) in [6.45, 7) is 0.512. The van der Waals surface area contributed by atoms with Crippen LogP contribution in [0.5, 0.6) is 0 Å². The summed E-state index contributed by atoms with van der Waals surface area (Å²) in [6, 6.07) is 5.35. The SMILES string of the molecule is O=C(c1ccsc1)n1nc(-c2ccncc2)nc1NCC1=CCC(F)CC1. The molecule has 138 valence electrons. The molecule has 1 atom stereocenters. The summed E-state index contributed by atoms with van der Waals surface area (Å²) in [6.07, 6.45) is 6.17. The Balaban J connectivity index is 1.62. The van der Waals surface area contributed by atoms with Crippen molar-refractivity contribution in [2.45, 2.75) is 25.4 Å². The number of alkyl halides is 1. The molecule has 0 bridgehead atoms. The van der Waals surface area contributed by atoms with Crippen LogP contribution in [0.1, 0.15) is 29.6 Å². The summed E-state index contributed by atoms with van der Waals surface area (Å²) in [5, 5.41) is 11.2. The highest BCUT2D eigenvalue weighted by Crippen LogP contribution is 2.22. The molecule has 1 aliphatic carbocycles. The molecule has 1 aliphatic rings. The molecule has 3 aromatic heterocycles. The lowest BCUT2D eigenvalue weighted by Gasteiger charge is -2.16. The Kier molecular flexibility index (Phi) is 5.06. The van der Waals surface area contributed by atoms with Crippen molar-refractivity contribution in [2.24, 2.45) is 0 Å². The Morgan fingerprint density at radius 1 is 1.33 bits per heavy atom. The molecule has 0 saturated carbocycles. The van der Waals surface area contributed by atoms with Crippen molar-refractivity contribution >= 4 is 23.2 Å². The number of rotatable bonds is 5. The van der Waals surface area contributed by atoms with Gasteiger partial charge in [0.25, 0.3) is 5.91 Å². The molecule has 3 heterocycles. The quantitative estimate of drug-likeness (QED) is 0.676.